The van der Waals surface area contributed by atoms with Crippen LogP contribution in [0.2, 0.25) is 0 Å². The molecule has 6 nitrogen and oxygen atoms in total. The largest absolute Gasteiger partial charge is 0.410 e. The first-order valence-corrected chi connectivity index (χ1v) is 9.65. The van der Waals surface area contributed by atoms with Crippen molar-refractivity contribution in [2.75, 3.05) is 31.1 Å². The summed E-state index contributed by atoms with van der Waals surface area (Å²) < 4.78 is 46.7. The normalized spacial score (nSPS) is 23.1. The van der Waals surface area contributed by atoms with E-state index in [0.717, 1.165) is 10.2 Å². The van der Waals surface area contributed by atoms with Crippen molar-refractivity contribution >= 4 is 11.7 Å². The van der Waals surface area contributed by atoms with Gasteiger partial charge in [0, 0.05) is 32.2 Å². The summed E-state index contributed by atoms with van der Waals surface area (Å²) in [7, 11) is 0. The average Bonchev–Trinajstić information content (AvgIpc) is 3.08. The lowest BCUT2D eigenvalue weighted by Gasteiger charge is -2.38. The highest BCUT2D eigenvalue weighted by molar-refractivity contribution is 5.96. The summed E-state index contributed by atoms with van der Waals surface area (Å²) in [4.78, 5) is 16.7. The highest BCUT2D eigenvalue weighted by Crippen LogP contribution is 2.39. The van der Waals surface area contributed by atoms with E-state index in [1.807, 2.05) is 30.3 Å². The first-order chi connectivity index (χ1) is 13.8. The van der Waals surface area contributed by atoms with Crippen LogP contribution in [0.5, 0.6) is 0 Å². The molecule has 0 radical (unpaired) electrons. The van der Waals surface area contributed by atoms with Crippen molar-refractivity contribution in [3.63, 3.8) is 0 Å². The number of hydrogen-bond donors (Lipinski definition) is 0. The molecule has 156 valence electrons. The number of aromatic nitrogens is 2. The summed E-state index contributed by atoms with van der Waals surface area (Å²) in [5, 5.41) is 4.00. The molecule has 1 aromatic heterocycles. The van der Waals surface area contributed by atoms with Gasteiger partial charge in [0.25, 0.3) is 5.91 Å². The van der Waals surface area contributed by atoms with Gasteiger partial charge >= 0.3 is 6.18 Å². The third-order valence-electron chi connectivity index (χ3n) is 5.35. The molecule has 29 heavy (non-hydrogen) atoms. The minimum absolute atomic E-state index is 0.00725. The van der Waals surface area contributed by atoms with Gasteiger partial charge in [-0.15, -0.1) is 0 Å². The molecule has 4 rings (SSSR count). The Balaban J connectivity index is 1.50. The third kappa shape index (κ3) is 4.16. The number of carbonyl (C=O) groups excluding carboxylic acids is 1. The zero-order valence-electron chi connectivity index (χ0n) is 16.1. The van der Waals surface area contributed by atoms with E-state index in [4.69, 9.17) is 4.74 Å². The third-order valence-corrected chi connectivity index (χ3v) is 5.35. The molecule has 0 spiro atoms. The zero-order valence-corrected chi connectivity index (χ0v) is 16.1. The van der Waals surface area contributed by atoms with Gasteiger partial charge in [0.1, 0.15) is 11.9 Å². The number of nitrogens with zero attached hydrogens (tertiary/aromatic N) is 4. The molecular formula is C20H23F3N4O2. The number of rotatable bonds is 3. The number of hydrogen-bond acceptors (Lipinski definition) is 4. The van der Waals surface area contributed by atoms with E-state index in [0.29, 0.717) is 31.9 Å². The Morgan fingerprint density at radius 2 is 2.00 bits per heavy atom. The zero-order chi connectivity index (χ0) is 20.6. The quantitative estimate of drug-likeness (QED) is 0.784. The minimum Gasteiger partial charge on any atom is -0.366 e. The van der Waals surface area contributed by atoms with Crippen LogP contribution in [-0.2, 0) is 16.1 Å². The second-order valence-corrected chi connectivity index (χ2v) is 7.50. The van der Waals surface area contributed by atoms with Crippen LogP contribution in [0.4, 0.5) is 19.0 Å². The Morgan fingerprint density at radius 3 is 2.72 bits per heavy atom. The molecule has 2 atom stereocenters. The van der Waals surface area contributed by atoms with E-state index in [1.54, 1.807) is 6.92 Å². The predicted molar refractivity (Wildman–Crippen MR) is 100 cm³/mol. The summed E-state index contributed by atoms with van der Waals surface area (Å²) in [6.07, 6.45) is -5.33. The summed E-state index contributed by atoms with van der Waals surface area (Å²) in [6.45, 7) is 3.82. The number of benzene rings is 1. The maximum atomic E-state index is 13.4. The van der Waals surface area contributed by atoms with Crippen LogP contribution in [0.3, 0.4) is 0 Å². The van der Waals surface area contributed by atoms with E-state index in [2.05, 4.69) is 10.00 Å². The number of morpholine rings is 1. The van der Waals surface area contributed by atoms with Gasteiger partial charge in [-0.3, -0.25) is 14.6 Å². The number of anilines is 1. The molecule has 9 heteroatoms. The fourth-order valence-electron chi connectivity index (χ4n) is 3.96. The lowest BCUT2D eigenvalue weighted by Crippen LogP contribution is -2.53. The summed E-state index contributed by atoms with van der Waals surface area (Å²) in [6, 6.07) is 9.74. The van der Waals surface area contributed by atoms with Gasteiger partial charge in [0.15, 0.2) is 6.04 Å². The molecule has 0 saturated carbocycles. The van der Waals surface area contributed by atoms with Gasteiger partial charge < -0.3 is 4.74 Å². The number of halogens is 3. The summed E-state index contributed by atoms with van der Waals surface area (Å²) >= 11 is 0. The molecular weight excluding hydrogens is 385 g/mol. The maximum absolute atomic E-state index is 13.4. The van der Waals surface area contributed by atoms with Crippen LogP contribution in [0.15, 0.2) is 36.4 Å². The molecule has 0 unspecified atom stereocenters. The smallest absolute Gasteiger partial charge is 0.366 e. The molecule has 1 amide bonds. The first kappa shape index (κ1) is 19.9. The Kier molecular flexibility index (Phi) is 5.35. The van der Waals surface area contributed by atoms with E-state index in [1.165, 1.54) is 11.0 Å². The molecule has 1 fully saturated rings. The number of ether oxygens (including phenoxy) is 1. The Hall–Kier alpha value is -2.39. The Labute approximate surface area is 166 Å². The van der Waals surface area contributed by atoms with Gasteiger partial charge in [0.05, 0.1) is 12.3 Å². The van der Waals surface area contributed by atoms with Crippen molar-refractivity contribution < 1.29 is 22.7 Å². The van der Waals surface area contributed by atoms with Crippen molar-refractivity contribution in [2.24, 2.45) is 0 Å². The average molecular weight is 408 g/mol. The molecule has 0 N–H and O–H groups in total. The summed E-state index contributed by atoms with van der Waals surface area (Å²) in [5.41, 5.74) is 1.59. The fourth-order valence-corrected chi connectivity index (χ4v) is 3.96. The number of alkyl halides is 3. The second kappa shape index (κ2) is 7.79. The van der Waals surface area contributed by atoms with Gasteiger partial charge in [-0.25, -0.2) is 4.68 Å². The highest BCUT2D eigenvalue weighted by Gasteiger charge is 2.47. The minimum atomic E-state index is -4.41. The van der Waals surface area contributed by atoms with Crippen LogP contribution in [-0.4, -0.2) is 59.1 Å². The van der Waals surface area contributed by atoms with Crippen molar-refractivity contribution in [1.29, 1.82) is 0 Å². The van der Waals surface area contributed by atoms with E-state index in [9.17, 15) is 18.0 Å². The fraction of sp³-hybridized carbons (Fsp3) is 0.500. The van der Waals surface area contributed by atoms with Gasteiger partial charge in [0.2, 0.25) is 0 Å². The topological polar surface area (TPSA) is 50.6 Å². The van der Waals surface area contributed by atoms with Crippen molar-refractivity contribution in [3.05, 3.63) is 47.7 Å². The van der Waals surface area contributed by atoms with Gasteiger partial charge in [-0.2, -0.15) is 18.3 Å². The molecule has 0 aliphatic carbocycles. The Bertz CT molecular complexity index is 868. The lowest BCUT2D eigenvalue weighted by molar-refractivity contribution is -0.173. The van der Waals surface area contributed by atoms with Crippen LogP contribution in [0.1, 0.15) is 23.7 Å². The molecule has 1 saturated heterocycles. The number of carbonyl (C=O) groups is 1. The van der Waals surface area contributed by atoms with Gasteiger partial charge in [-0.05, 0) is 18.9 Å². The van der Waals surface area contributed by atoms with Crippen molar-refractivity contribution in [2.45, 2.75) is 38.2 Å². The lowest BCUT2D eigenvalue weighted by atomic mass is 10.1. The predicted octanol–water partition coefficient (Wildman–Crippen LogP) is 2.93. The van der Waals surface area contributed by atoms with E-state index in [-0.39, 0.29) is 24.7 Å². The van der Waals surface area contributed by atoms with Crippen LogP contribution >= 0.6 is 0 Å². The molecule has 3 heterocycles. The molecule has 2 aliphatic rings. The van der Waals surface area contributed by atoms with Crippen LogP contribution < -0.4 is 4.90 Å². The number of amides is 1. The first-order valence-electron chi connectivity index (χ1n) is 9.65. The summed E-state index contributed by atoms with van der Waals surface area (Å²) in [5.74, 6) is -0.130. The number of aryl methyl sites for hydroxylation is 1. The van der Waals surface area contributed by atoms with E-state index >= 15 is 0 Å². The standard InChI is InChI=1S/C20H23F3N4O2/c1-14-11-18-26(8-7-17(20(21,22)23)27(18)24-14)19(28)16-13-25(9-10-29-16)12-15-5-3-2-4-6-15/h2-6,11,16-17H,7-10,12-13H2,1H3/t16-,17-/m1/s1. The van der Waals surface area contributed by atoms with E-state index < -0.39 is 18.3 Å². The molecule has 1 aromatic carbocycles. The monoisotopic (exact) mass is 408 g/mol. The SMILES string of the molecule is Cc1cc2n(n1)[C@@H](C(F)(F)F)CCN2C(=O)[C@H]1CN(Cc2ccccc2)CCO1. The van der Waals surface area contributed by atoms with Gasteiger partial charge in [-0.1, -0.05) is 30.3 Å². The molecule has 0 bridgehead atoms. The van der Waals surface area contributed by atoms with Crippen molar-refractivity contribution in [1.82, 2.24) is 14.7 Å². The Morgan fingerprint density at radius 1 is 1.24 bits per heavy atom. The molecule has 2 aromatic rings. The van der Waals surface area contributed by atoms with Crippen LogP contribution in [0.25, 0.3) is 0 Å². The second-order valence-electron chi connectivity index (χ2n) is 7.50. The highest BCUT2D eigenvalue weighted by atomic mass is 19.4. The maximum Gasteiger partial charge on any atom is 0.410 e. The van der Waals surface area contributed by atoms with Crippen molar-refractivity contribution in [3.8, 4) is 0 Å². The number of fused-ring (bicyclic) bond motifs is 1. The van der Waals surface area contributed by atoms with Crippen LogP contribution in [0, 0.1) is 6.92 Å². The molecule has 2 aliphatic heterocycles.